The van der Waals surface area contributed by atoms with Crippen LogP contribution in [0.3, 0.4) is 0 Å². The minimum Gasteiger partial charge on any atom is -0.480 e. The van der Waals surface area contributed by atoms with Gasteiger partial charge in [0.15, 0.2) is 0 Å². The van der Waals surface area contributed by atoms with E-state index in [9.17, 15) is 26.4 Å². The summed E-state index contributed by atoms with van der Waals surface area (Å²) in [6.07, 6.45) is -6.37. The fraction of sp³-hybridized carbons (Fsp3) is 0.900. The first-order chi connectivity index (χ1) is 9.06. The summed E-state index contributed by atoms with van der Waals surface area (Å²) in [7, 11) is -4.09. The number of alkyl halides is 3. The molecule has 0 saturated carbocycles. The summed E-state index contributed by atoms with van der Waals surface area (Å²) >= 11 is 0. The van der Waals surface area contributed by atoms with Crippen molar-refractivity contribution in [1.82, 2.24) is 4.72 Å². The van der Waals surface area contributed by atoms with E-state index in [0.717, 1.165) is 0 Å². The number of carbonyl (C=O) groups is 1. The third-order valence-electron chi connectivity index (χ3n) is 2.98. The van der Waals surface area contributed by atoms with Gasteiger partial charge in [0.1, 0.15) is 5.54 Å². The Balaban J connectivity index is 2.65. The van der Waals surface area contributed by atoms with Crippen molar-refractivity contribution in [3.63, 3.8) is 0 Å². The topological polar surface area (TPSA) is 92.7 Å². The second kappa shape index (κ2) is 6.27. The van der Waals surface area contributed by atoms with Crippen LogP contribution in [0.25, 0.3) is 0 Å². The highest BCUT2D eigenvalue weighted by atomic mass is 32.2. The van der Waals surface area contributed by atoms with Crippen molar-refractivity contribution in [1.29, 1.82) is 0 Å². The Bertz CT molecular complexity index is 442. The lowest BCUT2D eigenvalue weighted by Gasteiger charge is -2.33. The molecule has 20 heavy (non-hydrogen) atoms. The van der Waals surface area contributed by atoms with E-state index in [2.05, 4.69) is 0 Å². The minimum atomic E-state index is -4.43. The molecular formula is C10H16F3NO5S. The molecule has 0 amide bonds. The predicted octanol–water partition coefficient (Wildman–Crippen LogP) is 0.882. The quantitative estimate of drug-likeness (QED) is 0.758. The van der Waals surface area contributed by atoms with Gasteiger partial charge >= 0.3 is 12.1 Å². The Kier molecular flexibility index (Phi) is 5.39. The van der Waals surface area contributed by atoms with Crippen LogP contribution in [0.2, 0.25) is 0 Å². The molecule has 0 aromatic carbocycles. The molecule has 0 radical (unpaired) electrons. The number of hydrogen-bond donors (Lipinski definition) is 2. The zero-order valence-electron chi connectivity index (χ0n) is 10.6. The molecule has 0 bridgehead atoms. The van der Waals surface area contributed by atoms with Gasteiger partial charge in [0.2, 0.25) is 10.0 Å². The summed E-state index contributed by atoms with van der Waals surface area (Å²) in [5, 5.41) is 9.14. The molecule has 1 heterocycles. The smallest absolute Gasteiger partial charge is 0.389 e. The van der Waals surface area contributed by atoms with Gasteiger partial charge in [-0.05, 0) is 6.42 Å². The molecule has 1 rings (SSSR count). The lowest BCUT2D eigenvalue weighted by molar-refractivity contribution is -0.148. The minimum absolute atomic E-state index is 0.0547. The summed E-state index contributed by atoms with van der Waals surface area (Å²) < 4.78 is 66.3. The van der Waals surface area contributed by atoms with Crippen LogP contribution in [0.5, 0.6) is 0 Å². The van der Waals surface area contributed by atoms with E-state index in [-0.39, 0.29) is 26.1 Å². The van der Waals surface area contributed by atoms with Crippen molar-refractivity contribution in [2.24, 2.45) is 0 Å². The predicted molar refractivity (Wildman–Crippen MR) is 62.6 cm³/mol. The first-order valence-corrected chi connectivity index (χ1v) is 7.61. The third kappa shape index (κ3) is 5.25. The molecule has 0 atom stereocenters. The highest BCUT2D eigenvalue weighted by Crippen LogP contribution is 2.24. The molecule has 0 unspecified atom stereocenters. The van der Waals surface area contributed by atoms with E-state index in [1.807, 2.05) is 4.72 Å². The van der Waals surface area contributed by atoms with Crippen LogP contribution in [0.15, 0.2) is 0 Å². The van der Waals surface area contributed by atoms with Gasteiger partial charge in [-0.2, -0.15) is 17.9 Å². The second-order valence-corrected chi connectivity index (χ2v) is 6.48. The van der Waals surface area contributed by atoms with E-state index < -0.39 is 46.3 Å². The molecule has 118 valence electrons. The average Bonchev–Trinajstić information content (AvgIpc) is 2.27. The maximum Gasteiger partial charge on any atom is 0.389 e. The van der Waals surface area contributed by atoms with Crippen LogP contribution in [0.4, 0.5) is 13.2 Å². The molecular weight excluding hydrogens is 303 g/mol. The zero-order valence-corrected chi connectivity index (χ0v) is 11.4. The normalized spacial score (nSPS) is 19.8. The molecule has 1 fully saturated rings. The van der Waals surface area contributed by atoms with Gasteiger partial charge in [0.25, 0.3) is 0 Å². The summed E-state index contributed by atoms with van der Waals surface area (Å²) in [4.78, 5) is 11.2. The van der Waals surface area contributed by atoms with Crippen LogP contribution in [0.1, 0.15) is 25.7 Å². The largest absolute Gasteiger partial charge is 0.480 e. The highest BCUT2D eigenvalue weighted by molar-refractivity contribution is 7.89. The average molecular weight is 319 g/mol. The first-order valence-electron chi connectivity index (χ1n) is 5.96. The fourth-order valence-corrected chi connectivity index (χ4v) is 3.40. The number of sulfonamides is 1. The molecule has 1 aliphatic rings. The fourth-order valence-electron chi connectivity index (χ4n) is 1.89. The summed E-state index contributed by atoms with van der Waals surface area (Å²) in [6, 6.07) is 0. The van der Waals surface area contributed by atoms with E-state index in [4.69, 9.17) is 9.84 Å². The molecule has 1 aliphatic heterocycles. The highest BCUT2D eigenvalue weighted by Gasteiger charge is 2.43. The summed E-state index contributed by atoms with van der Waals surface area (Å²) in [5.41, 5.74) is -1.69. The van der Waals surface area contributed by atoms with Gasteiger partial charge in [0, 0.05) is 32.5 Å². The van der Waals surface area contributed by atoms with Crippen LogP contribution >= 0.6 is 0 Å². The Morgan fingerprint density at radius 2 is 1.85 bits per heavy atom. The summed E-state index contributed by atoms with van der Waals surface area (Å²) in [5.74, 6) is -2.11. The van der Waals surface area contributed by atoms with Crippen molar-refractivity contribution in [2.75, 3.05) is 19.0 Å². The van der Waals surface area contributed by atoms with Crippen LogP contribution in [0, 0.1) is 0 Å². The first kappa shape index (κ1) is 17.2. The Labute approximate surface area is 114 Å². The van der Waals surface area contributed by atoms with E-state index in [1.165, 1.54) is 0 Å². The monoisotopic (exact) mass is 319 g/mol. The molecule has 2 N–H and O–H groups in total. The van der Waals surface area contributed by atoms with Gasteiger partial charge in [-0.1, -0.05) is 0 Å². The zero-order chi connectivity index (χ0) is 15.4. The van der Waals surface area contributed by atoms with Gasteiger partial charge < -0.3 is 9.84 Å². The number of ether oxygens (including phenoxy) is 1. The van der Waals surface area contributed by atoms with Crippen molar-refractivity contribution >= 4 is 16.0 Å². The van der Waals surface area contributed by atoms with Gasteiger partial charge in [0.05, 0.1) is 5.75 Å². The van der Waals surface area contributed by atoms with Crippen molar-refractivity contribution in [2.45, 2.75) is 37.4 Å². The Morgan fingerprint density at radius 1 is 1.30 bits per heavy atom. The SMILES string of the molecule is O=C(O)C1(NS(=O)(=O)CCCC(F)(F)F)CCOCC1. The maximum absolute atomic E-state index is 12.0. The number of rotatable bonds is 6. The van der Waals surface area contributed by atoms with Gasteiger partial charge in [-0.3, -0.25) is 4.79 Å². The lowest BCUT2D eigenvalue weighted by atomic mass is 9.92. The van der Waals surface area contributed by atoms with E-state index in [1.54, 1.807) is 0 Å². The van der Waals surface area contributed by atoms with Crippen LogP contribution in [-0.4, -0.2) is 50.2 Å². The second-order valence-electron chi connectivity index (χ2n) is 4.64. The van der Waals surface area contributed by atoms with Gasteiger partial charge in [-0.25, -0.2) is 8.42 Å². The molecule has 0 aromatic rings. The molecule has 6 nitrogen and oxygen atoms in total. The number of nitrogens with one attached hydrogen (secondary N) is 1. The maximum atomic E-state index is 12.0. The van der Waals surface area contributed by atoms with Crippen molar-refractivity contribution in [3.8, 4) is 0 Å². The number of hydrogen-bond acceptors (Lipinski definition) is 4. The third-order valence-corrected chi connectivity index (χ3v) is 4.51. The van der Waals surface area contributed by atoms with E-state index >= 15 is 0 Å². The van der Waals surface area contributed by atoms with Crippen LogP contribution in [-0.2, 0) is 19.6 Å². The Morgan fingerprint density at radius 3 is 2.30 bits per heavy atom. The lowest BCUT2D eigenvalue weighted by Crippen LogP contribution is -2.57. The summed E-state index contributed by atoms with van der Waals surface area (Å²) in [6.45, 7) is 0.161. The standard InChI is InChI=1S/C10H16F3NO5S/c11-10(12,13)2-1-7-20(17,18)14-9(8(15)16)3-5-19-6-4-9/h14H,1-7H2,(H,15,16). The number of aliphatic carboxylic acids is 1. The number of carboxylic acids is 1. The van der Waals surface area contributed by atoms with Crippen molar-refractivity contribution in [3.05, 3.63) is 0 Å². The van der Waals surface area contributed by atoms with Crippen LogP contribution < -0.4 is 4.72 Å². The number of halogens is 3. The molecule has 0 aliphatic carbocycles. The molecule has 0 spiro atoms. The molecule has 1 saturated heterocycles. The van der Waals surface area contributed by atoms with E-state index in [0.29, 0.717) is 0 Å². The Hall–Kier alpha value is -0.870. The van der Waals surface area contributed by atoms with Crippen molar-refractivity contribution < 1.29 is 36.2 Å². The molecule has 10 heteroatoms. The van der Waals surface area contributed by atoms with Gasteiger partial charge in [-0.15, -0.1) is 0 Å². The molecule has 0 aromatic heterocycles. The number of carboxylic acid groups (broad SMARTS) is 1.